The molecule has 0 aliphatic carbocycles. The summed E-state index contributed by atoms with van der Waals surface area (Å²) in [5.74, 6) is 0. The molecule has 0 amide bonds. The van der Waals surface area contributed by atoms with Gasteiger partial charge >= 0.3 is 0 Å². The van der Waals surface area contributed by atoms with Crippen LogP contribution in [0.3, 0.4) is 0 Å². The van der Waals surface area contributed by atoms with E-state index in [0.29, 0.717) is 0 Å². The highest BCUT2D eigenvalue weighted by Crippen LogP contribution is 2.36. The predicted molar refractivity (Wildman–Crippen MR) is 390 cm³/mol. The molecule has 0 spiro atoms. The molecule has 0 atom stereocenters. The molecule has 486 valence electrons. The van der Waals surface area contributed by atoms with Gasteiger partial charge in [-0.15, -0.1) is 27.6 Å². The van der Waals surface area contributed by atoms with Crippen LogP contribution in [0.1, 0.15) is 213 Å². The topological polar surface area (TPSA) is 78.3 Å². The van der Waals surface area contributed by atoms with Crippen molar-refractivity contribution in [2.24, 2.45) is 21.1 Å². The van der Waals surface area contributed by atoms with Gasteiger partial charge in [-0.25, -0.2) is 0 Å². The second-order valence-electron chi connectivity index (χ2n) is 27.7. The summed E-state index contributed by atoms with van der Waals surface area (Å²) in [6, 6.07) is 42.3. The van der Waals surface area contributed by atoms with E-state index in [4.69, 9.17) is 15.6 Å². The zero-order chi connectivity index (χ0) is 63.6. The van der Waals surface area contributed by atoms with Gasteiger partial charge < -0.3 is 13.7 Å². The Kier molecular flexibility index (Phi) is 20.6. The molecule has 0 N–H and O–H groups in total. The first-order chi connectivity index (χ1) is 45.8. The van der Waals surface area contributed by atoms with Gasteiger partial charge in [0.25, 0.3) is 0 Å². The first-order valence-electron chi connectivity index (χ1n) is 36.9. The van der Waals surface area contributed by atoms with Crippen LogP contribution >= 0.6 is 0 Å². The number of fused-ring (bicyclic) bond motifs is 18. The maximum absolute atomic E-state index is 5.23. The fourth-order valence-electron chi connectivity index (χ4n) is 15.6. The third-order valence-corrected chi connectivity index (χ3v) is 20.9. The van der Waals surface area contributed by atoms with Gasteiger partial charge in [0.05, 0.1) is 15.6 Å². The van der Waals surface area contributed by atoms with Gasteiger partial charge in [-0.05, 0) is 128 Å². The highest BCUT2D eigenvalue weighted by molar-refractivity contribution is 6.14. The van der Waals surface area contributed by atoms with Gasteiger partial charge in [-0.3, -0.25) is 0 Å². The molecule has 0 aliphatic heterocycles. The Morgan fingerprint density at radius 2 is 0.473 bits per heavy atom. The van der Waals surface area contributed by atoms with Crippen molar-refractivity contribution in [1.82, 2.24) is 42.9 Å². The Hall–Kier alpha value is -7.86. The van der Waals surface area contributed by atoms with E-state index in [2.05, 4.69) is 211 Å². The monoisotopic (exact) mass is 1250 g/mol. The summed E-state index contributed by atoms with van der Waals surface area (Å²) in [4.78, 5) is 0. The maximum atomic E-state index is 5.23. The molecule has 0 saturated heterocycles. The van der Waals surface area contributed by atoms with Crippen molar-refractivity contribution in [1.29, 1.82) is 0 Å². The Balaban J connectivity index is 0.948. The molecule has 7 heterocycles. The van der Waals surface area contributed by atoms with Gasteiger partial charge in [-0.1, -0.05) is 194 Å². The minimum atomic E-state index is 0.988. The second kappa shape index (κ2) is 30.0. The van der Waals surface area contributed by atoms with Gasteiger partial charge in [0, 0.05) is 101 Å². The summed E-state index contributed by atoms with van der Waals surface area (Å²) in [6.07, 6.45) is 46.3. The normalized spacial score (nSPS) is 12.3. The number of nitrogens with zero attached hydrogens (tertiary/aromatic N) is 12. The lowest BCUT2D eigenvalue weighted by Crippen LogP contribution is -2.30. The summed E-state index contributed by atoms with van der Waals surface area (Å²) in [7, 11) is 6.27. The van der Waals surface area contributed by atoms with Crippen LogP contribution in [0, 0.1) is 0 Å². The molecule has 13 aromatic rings. The van der Waals surface area contributed by atoms with E-state index in [-0.39, 0.29) is 0 Å². The van der Waals surface area contributed by atoms with E-state index in [0.717, 1.165) is 88.2 Å². The van der Waals surface area contributed by atoms with E-state index < -0.39 is 0 Å². The van der Waals surface area contributed by atoms with Crippen LogP contribution < -0.4 is 14.0 Å². The van der Waals surface area contributed by atoms with Crippen LogP contribution in [0.2, 0.25) is 0 Å². The van der Waals surface area contributed by atoms with Gasteiger partial charge in [0.1, 0.15) is 21.1 Å². The molecule has 18 bridgehead atoms. The molecule has 13 rings (SSSR count). The number of aryl methyl sites for hydroxylation is 6. The number of hydrogen-bond donors (Lipinski definition) is 0. The number of aromatic nitrogens is 12. The van der Waals surface area contributed by atoms with Crippen LogP contribution in [0.4, 0.5) is 0 Å². The molecule has 0 unspecified atom stereocenters. The average Bonchev–Trinajstić information content (AvgIpc) is 1.62. The molecule has 0 aliphatic rings. The van der Waals surface area contributed by atoms with E-state index >= 15 is 0 Å². The smallest absolute Gasteiger partial charge is 0.198 e. The highest BCUT2D eigenvalue weighted by atomic mass is 15.5. The average molecular weight is 1250 g/mol. The van der Waals surface area contributed by atoms with E-state index in [1.807, 2.05) is 0 Å². The minimum absolute atomic E-state index is 0.988. The molecule has 0 fully saturated rings. The van der Waals surface area contributed by atoms with Crippen molar-refractivity contribution in [2.75, 3.05) is 0 Å². The van der Waals surface area contributed by atoms with Gasteiger partial charge in [0.15, 0.2) is 51.7 Å². The van der Waals surface area contributed by atoms with Crippen LogP contribution in [-0.4, -0.2) is 42.9 Å². The molecule has 12 heteroatoms. The summed E-state index contributed by atoms with van der Waals surface area (Å²) in [5.41, 5.74) is 13.9. The Morgan fingerprint density at radius 3 is 0.720 bits per heavy atom. The standard InChI is InChI=1S/C81H105N12/c1-7-10-13-16-19-22-25-28-31-34-49-88-73-43-37-61-52-67(73)70-55-64(40-46-76(70)88)91-59-80(86(5)82-91)62-38-44-74-68(53-62)72-57-66(42-48-78(72)89(74)50-35-32-29-26-23-20-17-14-11-8-2)93-60-81(87(6)84-93)63-39-45-75-69(54-63)71-56-65(92-58-79(61)85(4)83-92)41-47-77(71)90(75)51-36-33-30-27-24-21-18-15-12-9-3/h37-48,52-60H,7-36,49-51H2,1-6H3/q+3. The predicted octanol–water partition coefficient (Wildman–Crippen LogP) is 20.3. The molecule has 93 heavy (non-hydrogen) atoms. The van der Waals surface area contributed by atoms with Crippen LogP contribution in [0.25, 0.3) is 115 Å². The first kappa shape index (κ1) is 63.9. The lowest BCUT2D eigenvalue weighted by Gasteiger charge is -2.08. The molecule has 6 aromatic carbocycles. The van der Waals surface area contributed by atoms with E-state index in [1.54, 1.807) is 0 Å². The van der Waals surface area contributed by atoms with Crippen molar-refractivity contribution in [2.45, 2.75) is 233 Å². The van der Waals surface area contributed by atoms with Crippen LogP contribution in [0.5, 0.6) is 0 Å². The van der Waals surface area contributed by atoms with Crippen molar-refractivity contribution in [3.05, 3.63) is 128 Å². The lowest BCUT2D eigenvalue weighted by atomic mass is 10.1. The van der Waals surface area contributed by atoms with Crippen molar-refractivity contribution in [3.8, 4) is 0 Å². The first-order valence-corrected chi connectivity index (χ1v) is 36.9. The summed E-state index contributed by atoms with van der Waals surface area (Å²) in [6.45, 7) is 9.88. The van der Waals surface area contributed by atoms with Crippen LogP contribution in [0.15, 0.2) is 128 Å². The summed E-state index contributed by atoms with van der Waals surface area (Å²) >= 11 is 0. The third kappa shape index (κ3) is 13.9. The highest BCUT2D eigenvalue weighted by Gasteiger charge is 2.21. The van der Waals surface area contributed by atoms with E-state index in [1.165, 1.54) is 239 Å². The molecule has 0 radical (unpaired) electrons. The van der Waals surface area contributed by atoms with Crippen molar-refractivity contribution in [3.63, 3.8) is 0 Å². The summed E-state index contributed by atoms with van der Waals surface area (Å²) in [5, 5.41) is 26.6. The van der Waals surface area contributed by atoms with Gasteiger partial charge in [0.2, 0.25) is 0 Å². The number of hydrogen-bond acceptors (Lipinski definition) is 3. The Labute approximate surface area is 550 Å². The SMILES string of the molecule is CCCCCCCCCCCCn1c2ccc3cc2c2cc(ccc21)n1cc(c2ccc4c(c2)c2cc(ccc2n4CCCCCCCCCCCC)n2cc(c4ccc5c(c4)c4cc(ccc4n5CCCCCCCCCCCC)n4cc3[n+](C)n4)[n+](C)n2)[n+](C)n1. The minimum Gasteiger partial charge on any atom is -0.340 e. The molecular formula is C81H105N12+3. The molecule has 7 aromatic heterocycles. The zero-order valence-corrected chi connectivity index (χ0v) is 57.3. The maximum Gasteiger partial charge on any atom is 0.198 e. The van der Waals surface area contributed by atoms with Gasteiger partial charge in [-0.2, -0.15) is 0 Å². The van der Waals surface area contributed by atoms with Crippen molar-refractivity contribution < 1.29 is 14.0 Å². The van der Waals surface area contributed by atoms with E-state index in [9.17, 15) is 0 Å². The van der Waals surface area contributed by atoms with Crippen LogP contribution in [-0.2, 0) is 40.8 Å². The Bertz CT molecular complexity index is 4360. The van der Waals surface area contributed by atoms with Crippen molar-refractivity contribution >= 4 is 115 Å². The Morgan fingerprint density at radius 1 is 0.258 bits per heavy atom. The number of benzene rings is 6. The number of unbranched alkanes of at least 4 members (excludes halogenated alkanes) is 27. The lowest BCUT2D eigenvalue weighted by molar-refractivity contribution is -0.707. The third-order valence-electron chi connectivity index (χ3n) is 20.9. The quantitative estimate of drug-likeness (QED) is 0.0304. The molecule has 0 saturated carbocycles. The molecular weight excluding hydrogens is 1140 g/mol. The fourth-order valence-corrected chi connectivity index (χ4v) is 15.6. The molecule has 12 nitrogen and oxygen atoms in total. The summed E-state index contributed by atoms with van der Waals surface area (Å²) < 4.78 is 20.2. The second-order valence-corrected chi connectivity index (χ2v) is 27.7. The largest absolute Gasteiger partial charge is 0.340 e. The fraction of sp³-hybridized carbons (Fsp3) is 0.481. The zero-order valence-electron chi connectivity index (χ0n) is 57.3. The number of rotatable bonds is 33.